The predicted molar refractivity (Wildman–Crippen MR) is 115 cm³/mol. The normalized spacial score (nSPS) is 14.6. The van der Waals surface area contributed by atoms with Crippen LogP contribution >= 0.6 is 53.0 Å². The number of hydrogen-bond acceptors (Lipinski definition) is 7. The van der Waals surface area contributed by atoms with Crippen molar-refractivity contribution >= 4 is 70.7 Å². The van der Waals surface area contributed by atoms with E-state index < -0.39 is 36.0 Å². The molecule has 0 N–H and O–H groups in total. The van der Waals surface area contributed by atoms with Crippen LogP contribution in [0.5, 0.6) is 0 Å². The van der Waals surface area contributed by atoms with Crippen LogP contribution in [0, 0.1) is 0 Å². The quantitative estimate of drug-likeness (QED) is 0.268. The molecule has 0 unspecified atom stereocenters. The Morgan fingerprint density at radius 3 is 1.31 bits per heavy atom. The minimum atomic E-state index is -4.50. The van der Waals surface area contributed by atoms with E-state index in [0.717, 1.165) is 31.3 Å². The second kappa shape index (κ2) is 12.4. The highest BCUT2D eigenvalue weighted by molar-refractivity contribution is 8.57. The van der Waals surface area contributed by atoms with Crippen LogP contribution in [0.15, 0.2) is 33.0 Å². The Morgan fingerprint density at radius 2 is 1.07 bits per heavy atom. The summed E-state index contributed by atoms with van der Waals surface area (Å²) in [5.41, 5.74) is 2.35. The summed E-state index contributed by atoms with van der Waals surface area (Å²) in [6.07, 6.45) is 0. The van der Waals surface area contributed by atoms with Gasteiger partial charge >= 0.3 is 6.80 Å². The van der Waals surface area contributed by atoms with E-state index in [4.69, 9.17) is 43.9 Å². The minimum absolute atomic E-state index is 0.238. The van der Waals surface area contributed by atoms with E-state index in [1.807, 2.05) is 0 Å². The van der Waals surface area contributed by atoms with Gasteiger partial charge < -0.3 is 23.7 Å². The van der Waals surface area contributed by atoms with Crippen LogP contribution in [0.1, 0.15) is 0 Å². The van der Waals surface area contributed by atoms with Gasteiger partial charge in [0.25, 0.3) is 17.7 Å². The van der Waals surface area contributed by atoms with E-state index in [1.54, 1.807) is 0 Å². The lowest BCUT2D eigenvalue weighted by Gasteiger charge is -2.23. The fourth-order valence-corrected chi connectivity index (χ4v) is 5.43. The molecule has 0 aromatic heterocycles. The Bertz CT molecular complexity index is 683. The van der Waals surface area contributed by atoms with Crippen molar-refractivity contribution in [2.75, 3.05) is 42.3 Å². The van der Waals surface area contributed by atoms with Crippen molar-refractivity contribution in [1.29, 1.82) is 0 Å². The molecule has 3 amide bonds. The molecular formula is C15H21Cl3N3O6PS. The average Bonchev–Trinajstić information content (AvgIpc) is 2.66. The van der Waals surface area contributed by atoms with Crippen molar-refractivity contribution in [3.8, 4) is 0 Å². The van der Waals surface area contributed by atoms with Gasteiger partial charge in [-0.1, -0.05) is 34.8 Å². The van der Waals surface area contributed by atoms with Crippen molar-refractivity contribution in [3.05, 3.63) is 33.0 Å². The van der Waals surface area contributed by atoms with Crippen LogP contribution in [0.2, 0.25) is 0 Å². The molecule has 14 heteroatoms. The second-order valence-electron chi connectivity index (χ2n) is 5.74. The molecule has 0 aliphatic rings. The molecule has 0 spiro atoms. The summed E-state index contributed by atoms with van der Waals surface area (Å²) in [6, 6.07) is 0. The third-order valence-electron chi connectivity index (χ3n) is 2.78. The number of hydrogen-bond donors (Lipinski definition) is 0. The van der Waals surface area contributed by atoms with Crippen molar-refractivity contribution in [3.63, 3.8) is 0 Å². The molecule has 0 aliphatic carbocycles. The van der Waals surface area contributed by atoms with Gasteiger partial charge in [0, 0.05) is 59.2 Å². The number of carbonyl (C=O) groups excluding carboxylic acids is 3. The monoisotopic (exact) mass is 507 g/mol. The molecule has 0 aliphatic heterocycles. The number of likely N-dealkylation sites (N-methyl/N-ethyl adjacent to an activating group) is 3. The van der Waals surface area contributed by atoms with Crippen molar-refractivity contribution in [2.24, 2.45) is 0 Å². The van der Waals surface area contributed by atoms with Gasteiger partial charge in [-0.25, -0.2) is 4.57 Å². The Kier molecular flexibility index (Phi) is 11.8. The van der Waals surface area contributed by atoms with Crippen molar-refractivity contribution in [2.45, 2.75) is 0 Å². The molecule has 164 valence electrons. The van der Waals surface area contributed by atoms with E-state index in [2.05, 4.69) is 0 Å². The van der Waals surface area contributed by atoms with Crippen molar-refractivity contribution in [1.82, 2.24) is 14.7 Å². The molecule has 0 aromatic rings. The van der Waals surface area contributed by atoms with Crippen LogP contribution in [-0.4, -0.2) is 74.7 Å². The zero-order valence-electron chi connectivity index (χ0n) is 16.5. The van der Waals surface area contributed by atoms with Gasteiger partial charge in [-0.15, -0.1) is 0 Å². The Morgan fingerprint density at radius 1 is 0.724 bits per heavy atom. The summed E-state index contributed by atoms with van der Waals surface area (Å²) in [4.78, 5) is 39.7. The van der Waals surface area contributed by atoms with Crippen LogP contribution in [0.4, 0.5) is 0 Å². The van der Waals surface area contributed by atoms with Crippen molar-refractivity contribution < 1.29 is 28.0 Å². The molecule has 0 saturated carbocycles. The summed E-state index contributed by atoms with van der Waals surface area (Å²) in [6.45, 7) is -4.50. The molecule has 29 heavy (non-hydrogen) atoms. The smallest absolute Gasteiger partial charge is 0.401 e. The van der Waals surface area contributed by atoms with Crippen LogP contribution in [0.25, 0.3) is 0 Å². The van der Waals surface area contributed by atoms with E-state index in [9.17, 15) is 18.9 Å². The third-order valence-corrected chi connectivity index (χ3v) is 6.78. The Hall–Kier alpha value is -1.32. The van der Waals surface area contributed by atoms with Gasteiger partial charge in [-0.3, -0.25) is 14.4 Å². The summed E-state index contributed by atoms with van der Waals surface area (Å²) >= 11 is 17.2. The van der Waals surface area contributed by atoms with E-state index in [-0.39, 0.29) is 16.3 Å². The van der Waals surface area contributed by atoms with Gasteiger partial charge in [0.15, 0.2) is 0 Å². The standard InChI is InChI=1S/C15H21Cl3N3O6PS/c1-19(2)13(22)10(7-16)26-28(25,27-11(8-17)14(23)20(3)4)29-12(9-18)15(24)21(5)6/h7-9H,1-6H3/b10-7+,11-8+,12-9+. The molecule has 0 bridgehead atoms. The number of halogens is 3. The lowest BCUT2D eigenvalue weighted by atomic mass is 10.5. The van der Waals surface area contributed by atoms with Gasteiger partial charge in [-0.05, 0) is 0 Å². The molecule has 0 aromatic carbocycles. The maximum atomic E-state index is 13.4. The highest BCUT2D eigenvalue weighted by Gasteiger charge is 2.38. The molecule has 0 saturated heterocycles. The van der Waals surface area contributed by atoms with E-state index in [0.29, 0.717) is 0 Å². The summed E-state index contributed by atoms with van der Waals surface area (Å²) < 4.78 is 23.9. The van der Waals surface area contributed by atoms with Gasteiger partial charge in [0.2, 0.25) is 11.5 Å². The van der Waals surface area contributed by atoms with Crippen LogP contribution < -0.4 is 0 Å². The Balaban J connectivity index is 6.17. The van der Waals surface area contributed by atoms with Gasteiger partial charge in [0.1, 0.15) is 0 Å². The molecule has 0 heterocycles. The van der Waals surface area contributed by atoms with E-state index >= 15 is 0 Å². The highest BCUT2D eigenvalue weighted by Crippen LogP contribution is 2.66. The van der Waals surface area contributed by atoms with E-state index in [1.165, 1.54) is 42.3 Å². The summed E-state index contributed by atoms with van der Waals surface area (Å²) in [5.74, 6) is -3.21. The van der Waals surface area contributed by atoms with Crippen LogP contribution in [-0.2, 0) is 28.0 Å². The molecule has 9 nitrogen and oxygen atoms in total. The topological polar surface area (TPSA) is 96.5 Å². The van der Waals surface area contributed by atoms with Gasteiger partial charge in [-0.2, -0.15) is 0 Å². The largest absolute Gasteiger partial charge is 0.498 e. The maximum Gasteiger partial charge on any atom is 0.498 e. The number of nitrogens with zero attached hydrogens (tertiary/aromatic N) is 3. The number of rotatable bonds is 9. The average molecular weight is 509 g/mol. The highest BCUT2D eigenvalue weighted by atomic mass is 35.5. The zero-order valence-corrected chi connectivity index (χ0v) is 20.5. The first kappa shape index (κ1) is 27.7. The molecule has 0 fully saturated rings. The SMILES string of the molecule is CN(C)C(=O)/C(=C\Cl)OP(=O)(O/C(=C/Cl)C(=O)N(C)C)S/C(=C/Cl)C(=O)N(C)C. The molecule has 0 radical (unpaired) electrons. The second-order valence-corrected chi connectivity index (χ2v) is 10.2. The summed E-state index contributed by atoms with van der Waals surface area (Å²) in [5, 5.41) is 0. The van der Waals surface area contributed by atoms with Crippen LogP contribution in [0.3, 0.4) is 0 Å². The fourth-order valence-electron chi connectivity index (χ4n) is 1.40. The first-order chi connectivity index (χ1) is 13.3. The maximum absolute atomic E-state index is 13.4. The zero-order chi connectivity index (χ0) is 22.9. The lowest BCUT2D eigenvalue weighted by molar-refractivity contribution is -0.127. The first-order valence-electron chi connectivity index (χ1n) is 7.58. The van der Waals surface area contributed by atoms with Gasteiger partial charge in [0.05, 0.1) is 16.0 Å². The third kappa shape index (κ3) is 8.52. The lowest BCUT2D eigenvalue weighted by Crippen LogP contribution is -2.26. The summed E-state index contributed by atoms with van der Waals surface area (Å²) in [7, 11) is 8.51. The first-order valence-corrected chi connectivity index (χ1v) is 11.9. The molecule has 0 atom stereocenters. The number of amides is 3. The predicted octanol–water partition coefficient (Wildman–Crippen LogP) is 3.37. The molecular weight excluding hydrogens is 488 g/mol. The minimum Gasteiger partial charge on any atom is -0.401 e. The number of carbonyl (C=O) groups is 3. The Labute approximate surface area is 188 Å². The molecule has 0 rings (SSSR count). The fraction of sp³-hybridized carbons (Fsp3) is 0.400.